The van der Waals surface area contributed by atoms with Gasteiger partial charge < -0.3 is 14.8 Å². The summed E-state index contributed by atoms with van der Waals surface area (Å²) in [5.41, 5.74) is 3.74. The lowest BCUT2D eigenvalue weighted by Gasteiger charge is -2.35. The monoisotopic (exact) mass is 402 g/mol. The maximum Gasteiger partial charge on any atom is 0.226 e. The molecule has 0 bridgehead atoms. The number of methoxy groups -OCH3 is 2. The van der Waals surface area contributed by atoms with Crippen LogP contribution in [0.2, 0.25) is 0 Å². The Kier molecular flexibility index (Phi) is 4.50. The van der Waals surface area contributed by atoms with Crippen molar-refractivity contribution in [2.24, 2.45) is 0 Å². The molecule has 5 rings (SSSR count). The topological polar surface area (TPSA) is 78.3 Å². The second-order valence-electron chi connectivity index (χ2n) is 7.50. The summed E-state index contributed by atoms with van der Waals surface area (Å²) in [7, 11) is 3.21. The molecule has 0 spiro atoms. The highest BCUT2D eigenvalue weighted by Crippen LogP contribution is 2.44. The summed E-state index contributed by atoms with van der Waals surface area (Å²) >= 11 is 0. The summed E-state index contributed by atoms with van der Waals surface area (Å²) in [6.07, 6.45) is 2.73. The first kappa shape index (κ1) is 18.4. The van der Waals surface area contributed by atoms with Gasteiger partial charge in [-0.2, -0.15) is 10.1 Å². The highest BCUT2D eigenvalue weighted by atomic mass is 16.5. The smallest absolute Gasteiger partial charge is 0.226 e. The quantitative estimate of drug-likeness (QED) is 0.717. The molecule has 7 heteroatoms. The lowest BCUT2D eigenvalue weighted by molar-refractivity contribution is -0.116. The standard InChI is InChI=1S/C23H22N4O3/c1-29-19-9-8-15(12-20(19)30-2)22-21-17(26-23-24-13-25-27(22)23)10-16(11-18(21)28)14-6-4-3-5-7-14/h3-9,12-13,16,22H,10-11H2,1-2H3,(H,24,25,26). The lowest BCUT2D eigenvalue weighted by atomic mass is 9.78. The van der Waals surface area contributed by atoms with Gasteiger partial charge in [-0.25, -0.2) is 4.68 Å². The maximum atomic E-state index is 13.4. The molecule has 2 aromatic carbocycles. The molecule has 2 unspecified atom stereocenters. The Labute approximate surface area is 174 Å². The zero-order valence-corrected chi connectivity index (χ0v) is 16.8. The minimum atomic E-state index is -0.359. The third kappa shape index (κ3) is 2.94. The number of benzene rings is 2. The number of aromatic nitrogens is 3. The molecule has 0 saturated heterocycles. The Bertz CT molecular complexity index is 1140. The average Bonchev–Trinajstić information content (AvgIpc) is 3.25. The highest BCUT2D eigenvalue weighted by Gasteiger charge is 2.39. The van der Waals surface area contributed by atoms with Crippen LogP contribution >= 0.6 is 0 Å². The van der Waals surface area contributed by atoms with Crippen LogP contribution in [0.1, 0.15) is 35.9 Å². The minimum absolute atomic E-state index is 0.124. The van der Waals surface area contributed by atoms with Gasteiger partial charge in [-0.15, -0.1) is 0 Å². The van der Waals surface area contributed by atoms with Crippen LogP contribution in [-0.2, 0) is 4.79 Å². The van der Waals surface area contributed by atoms with Gasteiger partial charge in [0.1, 0.15) is 12.4 Å². The third-order valence-corrected chi connectivity index (χ3v) is 5.86. The van der Waals surface area contributed by atoms with Crippen molar-refractivity contribution in [3.63, 3.8) is 0 Å². The van der Waals surface area contributed by atoms with Gasteiger partial charge in [0.15, 0.2) is 17.3 Å². The fourth-order valence-electron chi connectivity index (χ4n) is 4.44. The molecule has 30 heavy (non-hydrogen) atoms. The summed E-state index contributed by atoms with van der Waals surface area (Å²) in [5, 5.41) is 7.75. The number of carbonyl (C=O) groups is 1. The predicted octanol–water partition coefficient (Wildman–Crippen LogP) is 3.71. The van der Waals surface area contributed by atoms with Crippen molar-refractivity contribution in [3.8, 4) is 11.5 Å². The molecule has 1 N–H and O–H groups in total. The number of Topliss-reactive ketones (excluding diaryl/α,β-unsaturated/α-hetero) is 1. The summed E-state index contributed by atoms with van der Waals surface area (Å²) < 4.78 is 12.6. The van der Waals surface area contributed by atoms with Crippen LogP contribution in [0.5, 0.6) is 11.5 Å². The molecular weight excluding hydrogens is 380 g/mol. The third-order valence-electron chi connectivity index (χ3n) is 5.86. The van der Waals surface area contributed by atoms with Crippen LogP contribution < -0.4 is 14.8 Å². The van der Waals surface area contributed by atoms with E-state index in [1.165, 1.54) is 11.9 Å². The molecule has 0 amide bonds. The van der Waals surface area contributed by atoms with Crippen LogP contribution in [0.4, 0.5) is 5.95 Å². The molecule has 2 atom stereocenters. The van der Waals surface area contributed by atoms with Crippen LogP contribution in [0.25, 0.3) is 0 Å². The van der Waals surface area contributed by atoms with Gasteiger partial charge in [-0.1, -0.05) is 36.4 Å². The SMILES string of the molecule is COc1ccc(C2C3=C(CC(c4ccccc4)CC3=O)Nc3ncnn32)cc1OC. The van der Waals surface area contributed by atoms with E-state index < -0.39 is 0 Å². The predicted molar refractivity (Wildman–Crippen MR) is 112 cm³/mol. The number of ether oxygens (including phenoxy) is 2. The molecular formula is C23H22N4O3. The zero-order chi connectivity index (χ0) is 20.7. The first-order chi connectivity index (χ1) is 14.7. The second-order valence-corrected chi connectivity index (χ2v) is 7.50. The molecule has 7 nitrogen and oxygen atoms in total. The van der Waals surface area contributed by atoms with Gasteiger partial charge in [0.05, 0.1) is 14.2 Å². The number of ketones is 1. The summed E-state index contributed by atoms with van der Waals surface area (Å²) in [6, 6.07) is 15.5. The Morgan fingerprint density at radius 1 is 1.00 bits per heavy atom. The average molecular weight is 402 g/mol. The first-order valence-electron chi connectivity index (χ1n) is 9.89. The number of nitrogens with one attached hydrogen (secondary N) is 1. The van der Waals surface area contributed by atoms with Crippen molar-refractivity contribution in [1.82, 2.24) is 14.8 Å². The number of anilines is 1. The summed E-state index contributed by atoms with van der Waals surface area (Å²) in [6.45, 7) is 0. The first-order valence-corrected chi connectivity index (χ1v) is 9.89. The fraction of sp³-hybridized carbons (Fsp3) is 0.261. The molecule has 1 aliphatic carbocycles. The molecule has 152 valence electrons. The second kappa shape index (κ2) is 7.33. The van der Waals surface area contributed by atoms with E-state index in [0.29, 0.717) is 23.9 Å². The van der Waals surface area contributed by atoms with Crippen LogP contribution in [0.3, 0.4) is 0 Å². The van der Waals surface area contributed by atoms with Gasteiger partial charge in [-0.05, 0) is 35.6 Å². The molecule has 1 aromatic heterocycles. The van der Waals surface area contributed by atoms with Crippen molar-refractivity contribution in [2.45, 2.75) is 24.8 Å². The Morgan fingerprint density at radius 3 is 2.57 bits per heavy atom. The number of hydrogen-bond donors (Lipinski definition) is 1. The summed E-state index contributed by atoms with van der Waals surface area (Å²) in [5.74, 6) is 2.16. The van der Waals surface area contributed by atoms with Crippen molar-refractivity contribution in [2.75, 3.05) is 19.5 Å². The van der Waals surface area contributed by atoms with Crippen molar-refractivity contribution in [3.05, 3.63) is 77.3 Å². The van der Waals surface area contributed by atoms with E-state index in [0.717, 1.165) is 23.3 Å². The van der Waals surface area contributed by atoms with E-state index in [2.05, 4.69) is 27.5 Å². The number of carbonyl (C=O) groups excluding carboxylic acids is 1. The van der Waals surface area contributed by atoms with Gasteiger partial charge in [0.25, 0.3) is 0 Å². The molecule has 0 radical (unpaired) electrons. The molecule has 3 aromatic rings. The Hall–Kier alpha value is -3.61. The zero-order valence-electron chi connectivity index (χ0n) is 16.8. The lowest BCUT2D eigenvalue weighted by Crippen LogP contribution is -2.33. The van der Waals surface area contributed by atoms with Crippen molar-refractivity contribution < 1.29 is 14.3 Å². The van der Waals surface area contributed by atoms with E-state index in [4.69, 9.17) is 9.47 Å². The van der Waals surface area contributed by atoms with Gasteiger partial charge >= 0.3 is 0 Å². The highest BCUT2D eigenvalue weighted by molar-refractivity contribution is 6.00. The molecule has 0 fully saturated rings. The maximum absolute atomic E-state index is 13.4. The molecule has 2 aliphatic rings. The number of hydrogen-bond acceptors (Lipinski definition) is 6. The van der Waals surface area contributed by atoms with E-state index in [1.807, 2.05) is 36.4 Å². The summed E-state index contributed by atoms with van der Waals surface area (Å²) in [4.78, 5) is 17.8. The number of rotatable bonds is 4. The van der Waals surface area contributed by atoms with E-state index in [1.54, 1.807) is 18.9 Å². The molecule has 2 heterocycles. The van der Waals surface area contributed by atoms with Gasteiger partial charge in [-0.3, -0.25) is 4.79 Å². The van der Waals surface area contributed by atoms with Crippen LogP contribution in [-0.4, -0.2) is 34.8 Å². The van der Waals surface area contributed by atoms with E-state index in [-0.39, 0.29) is 17.7 Å². The van der Waals surface area contributed by atoms with Gasteiger partial charge in [0.2, 0.25) is 5.95 Å². The molecule has 0 saturated carbocycles. The minimum Gasteiger partial charge on any atom is -0.493 e. The normalized spacial score (nSPS) is 20.3. The number of allylic oxidation sites excluding steroid dienone is 2. The molecule has 1 aliphatic heterocycles. The number of nitrogens with zero attached hydrogens (tertiary/aromatic N) is 3. The van der Waals surface area contributed by atoms with E-state index >= 15 is 0 Å². The van der Waals surface area contributed by atoms with Crippen LogP contribution in [0.15, 0.2) is 66.1 Å². The van der Waals surface area contributed by atoms with Crippen LogP contribution in [0, 0.1) is 0 Å². The Morgan fingerprint density at radius 2 is 1.80 bits per heavy atom. The number of fused-ring (bicyclic) bond motifs is 1. The van der Waals surface area contributed by atoms with Crippen molar-refractivity contribution >= 4 is 11.7 Å². The van der Waals surface area contributed by atoms with Gasteiger partial charge in [0, 0.05) is 17.7 Å². The van der Waals surface area contributed by atoms with Crippen molar-refractivity contribution in [1.29, 1.82) is 0 Å². The largest absolute Gasteiger partial charge is 0.493 e. The fourth-order valence-corrected chi connectivity index (χ4v) is 4.44. The van der Waals surface area contributed by atoms with E-state index in [9.17, 15) is 4.79 Å². The Balaban J connectivity index is 1.61.